The molecule has 4 rings (SSSR count). The van der Waals surface area contributed by atoms with Gasteiger partial charge in [-0.15, -0.1) is 0 Å². The molecule has 1 fully saturated rings. The molecule has 0 bridgehead atoms. The highest BCUT2D eigenvalue weighted by Gasteiger charge is 2.35. The van der Waals surface area contributed by atoms with E-state index in [0.717, 1.165) is 12.1 Å². The average Bonchev–Trinajstić information content (AvgIpc) is 3.38. The van der Waals surface area contributed by atoms with Gasteiger partial charge in [-0.3, -0.25) is 9.48 Å². The largest absolute Gasteiger partial charge is 0.391 e. The van der Waals surface area contributed by atoms with Gasteiger partial charge in [-0.1, -0.05) is 35.5 Å². The summed E-state index contributed by atoms with van der Waals surface area (Å²) in [6, 6.07) is 11.1. The van der Waals surface area contributed by atoms with E-state index in [0.29, 0.717) is 18.4 Å². The molecule has 1 saturated carbocycles. The van der Waals surface area contributed by atoms with Gasteiger partial charge in [0, 0.05) is 18.9 Å². The molecule has 26 heavy (non-hydrogen) atoms. The van der Waals surface area contributed by atoms with Crippen molar-refractivity contribution in [2.24, 2.45) is 5.92 Å². The van der Waals surface area contributed by atoms with E-state index >= 15 is 0 Å². The minimum Gasteiger partial charge on any atom is -0.391 e. The van der Waals surface area contributed by atoms with E-state index < -0.39 is 6.10 Å². The lowest BCUT2D eigenvalue weighted by Gasteiger charge is -2.16. The molecule has 3 aromatic rings. The summed E-state index contributed by atoms with van der Waals surface area (Å²) in [6.07, 6.45) is 5.86. The Bertz CT molecular complexity index is 860. The van der Waals surface area contributed by atoms with Gasteiger partial charge in [0.1, 0.15) is 6.26 Å². The van der Waals surface area contributed by atoms with E-state index in [1.165, 1.54) is 6.26 Å². The fourth-order valence-corrected chi connectivity index (χ4v) is 3.56. The molecule has 1 aromatic carbocycles. The Labute approximate surface area is 150 Å². The van der Waals surface area contributed by atoms with E-state index in [1.54, 1.807) is 6.20 Å². The zero-order valence-corrected chi connectivity index (χ0v) is 14.2. The summed E-state index contributed by atoms with van der Waals surface area (Å²) in [5.41, 5.74) is 1.74. The number of carbonyl (C=O) groups is 1. The summed E-state index contributed by atoms with van der Waals surface area (Å²) < 4.78 is 6.87. The molecule has 7 nitrogen and oxygen atoms in total. The molecule has 0 spiro atoms. The molecule has 7 heteroatoms. The van der Waals surface area contributed by atoms with Crippen LogP contribution in [0.4, 0.5) is 0 Å². The van der Waals surface area contributed by atoms with Crippen molar-refractivity contribution in [2.75, 3.05) is 0 Å². The number of aromatic nitrogens is 3. The first-order valence-electron chi connectivity index (χ1n) is 8.67. The number of nitrogens with zero attached hydrogens (tertiary/aromatic N) is 3. The van der Waals surface area contributed by atoms with Crippen molar-refractivity contribution in [3.8, 4) is 11.1 Å². The van der Waals surface area contributed by atoms with Gasteiger partial charge in [0.25, 0.3) is 5.91 Å². The van der Waals surface area contributed by atoms with Crippen LogP contribution in [0.3, 0.4) is 0 Å². The van der Waals surface area contributed by atoms with Crippen LogP contribution in [-0.2, 0) is 6.54 Å². The Hall–Kier alpha value is -2.93. The van der Waals surface area contributed by atoms with Crippen LogP contribution < -0.4 is 5.32 Å². The molecule has 0 saturated heterocycles. The Morgan fingerprint density at radius 3 is 2.88 bits per heavy atom. The molecule has 1 amide bonds. The van der Waals surface area contributed by atoms with Crippen LogP contribution >= 0.6 is 0 Å². The third-order valence-corrected chi connectivity index (χ3v) is 4.82. The average molecular weight is 352 g/mol. The summed E-state index contributed by atoms with van der Waals surface area (Å²) in [4.78, 5) is 12.7. The molecule has 1 aliphatic rings. The minimum atomic E-state index is -0.577. The van der Waals surface area contributed by atoms with E-state index in [4.69, 9.17) is 4.52 Å². The summed E-state index contributed by atoms with van der Waals surface area (Å²) >= 11 is 0. The lowest BCUT2D eigenvalue weighted by Crippen LogP contribution is -2.40. The quantitative estimate of drug-likeness (QED) is 0.733. The minimum absolute atomic E-state index is 0.235. The summed E-state index contributed by atoms with van der Waals surface area (Å²) in [6.45, 7) is 0.732. The van der Waals surface area contributed by atoms with Crippen molar-refractivity contribution in [1.82, 2.24) is 20.3 Å². The summed E-state index contributed by atoms with van der Waals surface area (Å²) in [5, 5.41) is 21.3. The standard InChI is InChI=1S/C19H20N4O3/c24-17-10-13(11-23-8-4-7-20-23)9-16(17)21-19(25)18-15(12-26-22-18)14-5-2-1-3-6-14/h1-8,12-13,16-17,24H,9-11H2,(H,21,25)/t13?,16-,17-/m1/s1. The van der Waals surface area contributed by atoms with Crippen LogP contribution in [0.15, 0.2) is 59.6 Å². The molecule has 2 heterocycles. The number of rotatable bonds is 5. The molecular weight excluding hydrogens is 332 g/mol. The Morgan fingerprint density at radius 2 is 2.12 bits per heavy atom. The third-order valence-electron chi connectivity index (χ3n) is 4.82. The van der Waals surface area contributed by atoms with Crippen LogP contribution in [0.5, 0.6) is 0 Å². The first kappa shape index (κ1) is 16.5. The monoisotopic (exact) mass is 352 g/mol. The summed E-state index contributed by atoms with van der Waals surface area (Å²) in [7, 11) is 0. The number of aliphatic hydroxyl groups excluding tert-OH is 1. The molecule has 3 atom stereocenters. The van der Waals surface area contributed by atoms with Crippen molar-refractivity contribution in [3.63, 3.8) is 0 Å². The van der Waals surface area contributed by atoms with Gasteiger partial charge in [-0.2, -0.15) is 5.10 Å². The van der Waals surface area contributed by atoms with E-state index in [9.17, 15) is 9.90 Å². The second-order valence-corrected chi connectivity index (χ2v) is 6.66. The Kier molecular flexibility index (Phi) is 4.53. The number of hydrogen-bond donors (Lipinski definition) is 2. The highest BCUT2D eigenvalue weighted by Crippen LogP contribution is 2.28. The third kappa shape index (κ3) is 3.39. The van der Waals surface area contributed by atoms with Crippen LogP contribution in [-0.4, -0.2) is 38.1 Å². The van der Waals surface area contributed by atoms with Crippen molar-refractivity contribution < 1.29 is 14.4 Å². The normalized spacial score (nSPS) is 22.4. The molecular formula is C19H20N4O3. The zero-order valence-electron chi connectivity index (χ0n) is 14.2. The lowest BCUT2D eigenvalue weighted by atomic mass is 10.1. The predicted octanol–water partition coefficient (Wildman–Crippen LogP) is 2.11. The highest BCUT2D eigenvalue weighted by molar-refractivity contribution is 5.98. The highest BCUT2D eigenvalue weighted by atomic mass is 16.5. The fourth-order valence-electron chi connectivity index (χ4n) is 3.56. The molecule has 2 aromatic heterocycles. The van der Waals surface area contributed by atoms with Gasteiger partial charge in [-0.05, 0) is 30.4 Å². The first-order chi connectivity index (χ1) is 12.7. The Balaban J connectivity index is 1.43. The smallest absolute Gasteiger partial charge is 0.274 e. The van der Waals surface area contributed by atoms with Crippen LogP contribution in [0.2, 0.25) is 0 Å². The second-order valence-electron chi connectivity index (χ2n) is 6.66. The maximum atomic E-state index is 12.7. The molecule has 1 aliphatic carbocycles. The number of amides is 1. The van der Waals surface area contributed by atoms with E-state index in [1.807, 2.05) is 47.3 Å². The number of benzene rings is 1. The van der Waals surface area contributed by atoms with Crippen LogP contribution in [0.1, 0.15) is 23.3 Å². The number of nitrogens with one attached hydrogen (secondary N) is 1. The van der Waals surface area contributed by atoms with Crippen molar-refractivity contribution in [2.45, 2.75) is 31.5 Å². The first-order valence-corrected chi connectivity index (χ1v) is 8.67. The number of hydrogen-bond acceptors (Lipinski definition) is 5. The van der Waals surface area contributed by atoms with Crippen LogP contribution in [0, 0.1) is 5.92 Å². The lowest BCUT2D eigenvalue weighted by molar-refractivity contribution is 0.0864. The van der Waals surface area contributed by atoms with Gasteiger partial charge >= 0.3 is 0 Å². The van der Waals surface area contributed by atoms with Crippen molar-refractivity contribution >= 4 is 5.91 Å². The van der Waals surface area contributed by atoms with Gasteiger partial charge < -0.3 is 14.9 Å². The molecule has 134 valence electrons. The molecule has 0 aliphatic heterocycles. The van der Waals surface area contributed by atoms with Gasteiger partial charge in [-0.25, -0.2) is 0 Å². The van der Waals surface area contributed by atoms with Crippen LogP contribution in [0.25, 0.3) is 11.1 Å². The Morgan fingerprint density at radius 1 is 1.27 bits per heavy atom. The number of aliphatic hydroxyl groups is 1. The van der Waals surface area contributed by atoms with Gasteiger partial charge in [0.05, 0.1) is 17.7 Å². The molecule has 1 unspecified atom stereocenters. The molecule has 2 N–H and O–H groups in total. The van der Waals surface area contributed by atoms with Gasteiger partial charge in [0.15, 0.2) is 5.69 Å². The van der Waals surface area contributed by atoms with Crippen molar-refractivity contribution in [1.29, 1.82) is 0 Å². The maximum Gasteiger partial charge on any atom is 0.274 e. The second kappa shape index (κ2) is 7.13. The summed E-state index contributed by atoms with van der Waals surface area (Å²) in [5.74, 6) is -0.0671. The zero-order chi connectivity index (χ0) is 17.9. The maximum absolute atomic E-state index is 12.7. The molecule has 0 radical (unpaired) electrons. The van der Waals surface area contributed by atoms with Crippen molar-refractivity contribution in [3.05, 3.63) is 60.7 Å². The fraction of sp³-hybridized carbons (Fsp3) is 0.316. The van der Waals surface area contributed by atoms with E-state index in [2.05, 4.69) is 15.6 Å². The number of carbonyl (C=O) groups excluding carboxylic acids is 1. The van der Waals surface area contributed by atoms with E-state index in [-0.39, 0.29) is 23.6 Å². The van der Waals surface area contributed by atoms with Gasteiger partial charge in [0.2, 0.25) is 0 Å². The topological polar surface area (TPSA) is 93.2 Å². The SMILES string of the molecule is O=C(N[C@@H]1CC(Cn2cccn2)C[C@H]1O)c1nocc1-c1ccccc1. The predicted molar refractivity (Wildman–Crippen MR) is 94.2 cm³/mol.